The van der Waals surface area contributed by atoms with E-state index >= 15 is 0 Å². The molecule has 1 unspecified atom stereocenters. The van der Waals surface area contributed by atoms with Gasteiger partial charge in [-0.2, -0.15) is 11.8 Å². The average molecular weight is 296 g/mol. The fourth-order valence-corrected chi connectivity index (χ4v) is 2.44. The molecule has 1 aromatic rings. The molecule has 6 heteroatoms. The first-order valence-electron chi connectivity index (χ1n) is 6.88. The van der Waals surface area contributed by atoms with Crippen LogP contribution in [0.2, 0.25) is 0 Å². The Morgan fingerprint density at radius 1 is 1.50 bits per heavy atom. The number of nitrogens with two attached hydrogens (primary N) is 1. The van der Waals surface area contributed by atoms with Crippen LogP contribution < -0.4 is 16.6 Å². The van der Waals surface area contributed by atoms with E-state index in [1.807, 2.05) is 13.0 Å². The van der Waals surface area contributed by atoms with Crippen LogP contribution in [0.4, 0.5) is 5.82 Å². The smallest absolute Gasteiger partial charge is 0.251 e. The highest BCUT2D eigenvalue weighted by molar-refractivity contribution is 7.98. The third-order valence-electron chi connectivity index (χ3n) is 2.93. The van der Waals surface area contributed by atoms with Gasteiger partial charge >= 0.3 is 0 Å². The number of aryl methyl sites for hydroxylation is 1. The molecule has 0 saturated carbocycles. The fourth-order valence-electron chi connectivity index (χ4n) is 1.85. The summed E-state index contributed by atoms with van der Waals surface area (Å²) >= 11 is 1.78. The molecule has 0 aliphatic heterocycles. The van der Waals surface area contributed by atoms with Gasteiger partial charge in [0.1, 0.15) is 5.82 Å². The molecule has 1 heterocycles. The van der Waals surface area contributed by atoms with Crippen molar-refractivity contribution in [1.82, 2.24) is 10.3 Å². The first kappa shape index (κ1) is 16.8. The second-order valence-electron chi connectivity index (χ2n) is 4.78. The Morgan fingerprint density at radius 3 is 2.85 bits per heavy atom. The summed E-state index contributed by atoms with van der Waals surface area (Å²) in [5.41, 5.74) is 4.00. The van der Waals surface area contributed by atoms with Crippen molar-refractivity contribution in [2.45, 2.75) is 39.2 Å². The molecule has 0 saturated heterocycles. The van der Waals surface area contributed by atoms with Crippen LogP contribution in [0.25, 0.3) is 0 Å². The molecule has 4 N–H and O–H groups in total. The molecule has 20 heavy (non-hydrogen) atoms. The van der Waals surface area contributed by atoms with Crippen LogP contribution in [0.5, 0.6) is 0 Å². The number of carbonyl (C=O) groups is 1. The van der Waals surface area contributed by atoms with Crippen molar-refractivity contribution in [2.24, 2.45) is 5.84 Å². The van der Waals surface area contributed by atoms with Crippen LogP contribution in [0.15, 0.2) is 12.1 Å². The van der Waals surface area contributed by atoms with Crippen molar-refractivity contribution in [3.8, 4) is 0 Å². The zero-order chi connectivity index (χ0) is 15.0. The predicted molar refractivity (Wildman–Crippen MR) is 86.0 cm³/mol. The predicted octanol–water partition coefficient (Wildman–Crippen LogP) is 2.19. The number of nitrogen functional groups attached to an aromatic ring is 1. The topological polar surface area (TPSA) is 80.0 Å². The van der Waals surface area contributed by atoms with E-state index in [2.05, 4.69) is 28.9 Å². The van der Waals surface area contributed by atoms with E-state index in [9.17, 15) is 4.79 Å². The Hall–Kier alpha value is -1.27. The summed E-state index contributed by atoms with van der Waals surface area (Å²) in [6, 6.07) is 3.67. The van der Waals surface area contributed by atoms with Gasteiger partial charge in [-0.1, -0.05) is 13.3 Å². The van der Waals surface area contributed by atoms with E-state index in [1.54, 1.807) is 17.8 Å². The van der Waals surface area contributed by atoms with Gasteiger partial charge in [0.05, 0.1) is 0 Å². The Morgan fingerprint density at radius 2 is 2.25 bits per heavy atom. The second-order valence-corrected chi connectivity index (χ2v) is 5.77. The standard InChI is InChI=1S/C14H24N4OS/c1-4-5-12-8-11(9-13(17-12)18-15)14(19)16-10(2)6-7-20-3/h8-10H,4-7,15H2,1-3H3,(H,16,19)(H,17,18). The Bertz CT molecular complexity index is 439. The monoisotopic (exact) mass is 296 g/mol. The highest BCUT2D eigenvalue weighted by atomic mass is 32.2. The average Bonchev–Trinajstić information content (AvgIpc) is 2.45. The number of aromatic nitrogens is 1. The molecule has 0 fully saturated rings. The summed E-state index contributed by atoms with van der Waals surface area (Å²) < 4.78 is 0. The van der Waals surface area contributed by atoms with Gasteiger partial charge in [-0.25, -0.2) is 10.8 Å². The number of hydrazine groups is 1. The minimum atomic E-state index is -0.0742. The van der Waals surface area contributed by atoms with E-state index in [4.69, 9.17) is 5.84 Å². The summed E-state index contributed by atoms with van der Waals surface area (Å²) in [6.07, 6.45) is 4.83. The van der Waals surface area contributed by atoms with Crippen molar-refractivity contribution in [3.63, 3.8) is 0 Å². The first-order chi connectivity index (χ1) is 9.60. The number of amides is 1. The maximum Gasteiger partial charge on any atom is 0.251 e. The van der Waals surface area contributed by atoms with Gasteiger partial charge in [0, 0.05) is 17.3 Å². The first-order valence-corrected chi connectivity index (χ1v) is 8.27. The summed E-state index contributed by atoms with van der Waals surface area (Å²) in [4.78, 5) is 16.6. The minimum absolute atomic E-state index is 0.0742. The highest BCUT2D eigenvalue weighted by Crippen LogP contribution is 2.12. The number of pyridine rings is 1. The molecule has 1 rings (SSSR count). The zero-order valence-electron chi connectivity index (χ0n) is 12.4. The Balaban J connectivity index is 2.77. The second kappa shape index (κ2) is 8.81. The zero-order valence-corrected chi connectivity index (χ0v) is 13.2. The van der Waals surface area contributed by atoms with E-state index in [0.717, 1.165) is 30.7 Å². The minimum Gasteiger partial charge on any atom is -0.350 e. The van der Waals surface area contributed by atoms with Crippen LogP contribution in [-0.2, 0) is 6.42 Å². The molecule has 0 spiro atoms. The van der Waals surface area contributed by atoms with Gasteiger partial charge in [-0.15, -0.1) is 0 Å². The number of carbonyl (C=O) groups excluding carboxylic acids is 1. The summed E-state index contributed by atoms with van der Waals surface area (Å²) in [7, 11) is 0. The lowest BCUT2D eigenvalue weighted by Crippen LogP contribution is -2.33. The fraction of sp³-hybridized carbons (Fsp3) is 0.571. The molecule has 1 atom stereocenters. The summed E-state index contributed by atoms with van der Waals surface area (Å²) in [6.45, 7) is 4.10. The van der Waals surface area contributed by atoms with E-state index in [0.29, 0.717) is 11.4 Å². The van der Waals surface area contributed by atoms with Crippen LogP contribution in [0, 0.1) is 0 Å². The molecular formula is C14H24N4OS. The largest absolute Gasteiger partial charge is 0.350 e. The third-order valence-corrected chi connectivity index (χ3v) is 3.57. The third kappa shape index (κ3) is 5.38. The maximum absolute atomic E-state index is 12.2. The molecule has 0 aliphatic carbocycles. The van der Waals surface area contributed by atoms with Gasteiger partial charge in [-0.05, 0) is 43.9 Å². The summed E-state index contributed by atoms with van der Waals surface area (Å²) in [5, 5.41) is 3.00. The lowest BCUT2D eigenvalue weighted by atomic mass is 10.1. The quantitative estimate of drug-likeness (QED) is 0.506. The van der Waals surface area contributed by atoms with Gasteiger partial charge in [0.15, 0.2) is 0 Å². The van der Waals surface area contributed by atoms with Gasteiger partial charge < -0.3 is 10.7 Å². The van der Waals surface area contributed by atoms with Crippen molar-refractivity contribution in [1.29, 1.82) is 0 Å². The SMILES string of the molecule is CCCc1cc(C(=O)NC(C)CCSC)cc(NN)n1. The molecule has 112 valence electrons. The number of thioether (sulfide) groups is 1. The van der Waals surface area contributed by atoms with E-state index in [1.165, 1.54) is 0 Å². The van der Waals surface area contributed by atoms with Gasteiger partial charge in [0.25, 0.3) is 5.91 Å². The van der Waals surface area contributed by atoms with Gasteiger partial charge in [0.2, 0.25) is 0 Å². The lowest BCUT2D eigenvalue weighted by Gasteiger charge is -2.14. The van der Waals surface area contributed by atoms with Crippen molar-refractivity contribution in [3.05, 3.63) is 23.4 Å². The molecule has 1 aromatic heterocycles. The summed E-state index contributed by atoms with van der Waals surface area (Å²) in [5.74, 6) is 6.89. The van der Waals surface area contributed by atoms with E-state index < -0.39 is 0 Å². The van der Waals surface area contributed by atoms with E-state index in [-0.39, 0.29) is 11.9 Å². The molecule has 0 radical (unpaired) electrons. The van der Waals surface area contributed by atoms with Crippen molar-refractivity contribution in [2.75, 3.05) is 17.4 Å². The molecule has 5 nitrogen and oxygen atoms in total. The number of hydrogen-bond donors (Lipinski definition) is 3. The lowest BCUT2D eigenvalue weighted by molar-refractivity contribution is 0.0939. The van der Waals surface area contributed by atoms with Crippen LogP contribution in [0.1, 0.15) is 42.7 Å². The highest BCUT2D eigenvalue weighted by Gasteiger charge is 2.12. The Kier molecular flexibility index (Phi) is 7.40. The van der Waals surface area contributed by atoms with Gasteiger partial charge in [-0.3, -0.25) is 4.79 Å². The van der Waals surface area contributed by atoms with Crippen LogP contribution in [-0.4, -0.2) is 28.9 Å². The molecule has 0 aromatic carbocycles. The van der Waals surface area contributed by atoms with Crippen molar-refractivity contribution < 1.29 is 4.79 Å². The Labute approximate surface area is 125 Å². The number of anilines is 1. The number of rotatable bonds is 8. The van der Waals surface area contributed by atoms with Crippen LogP contribution in [0.3, 0.4) is 0 Å². The molecule has 0 bridgehead atoms. The number of nitrogens with zero attached hydrogens (tertiary/aromatic N) is 1. The maximum atomic E-state index is 12.2. The number of hydrogen-bond acceptors (Lipinski definition) is 5. The molecular weight excluding hydrogens is 272 g/mol. The normalized spacial score (nSPS) is 12.0. The molecule has 0 aliphatic rings. The van der Waals surface area contributed by atoms with Crippen molar-refractivity contribution >= 4 is 23.5 Å². The van der Waals surface area contributed by atoms with Crippen LogP contribution >= 0.6 is 11.8 Å². The number of nitrogens with one attached hydrogen (secondary N) is 2. The molecule has 1 amide bonds.